The first kappa shape index (κ1) is 36.8. The fraction of sp³-hybridized carbons (Fsp3) is 0.122. The van der Waals surface area contributed by atoms with Crippen molar-refractivity contribution >= 4 is 43.6 Å². The van der Waals surface area contributed by atoms with E-state index >= 15 is 0 Å². The molecule has 2 aromatic heterocycles. The molecule has 0 spiro atoms. The van der Waals surface area contributed by atoms with Gasteiger partial charge in [0.25, 0.3) is 0 Å². The van der Waals surface area contributed by atoms with Crippen LogP contribution in [0.25, 0.3) is 77.2 Å². The van der Waals surface area contributed by atoms with Gasteiger partial charge in [-0.15, -0.1) is 0 Å². The Morgan fingerprint density at radius 1 is 0.431 bits per heavy atom. The Morgan fingerprint density at radius 2 is 0.897 bits per heavy atom. The summed E-state index contributed by atoms with van der Waals surface area (Å²) >= 11 is 0. The Balaban J connectivity index is 1.42. The first-order valence-electron chi connectivity index (χ1n) is 18.6. The quantitative estimate of drug-likeness (QED) is 0.164. The summed E-state index contributed by atoms with van der Waals surface area (Å²) in [6.07, 6.45) is -10.1. The third-order valence-electron chi connectivity index (χ3n) is 11.0. The van der Waals surface area contributed by atoms with E-state index in [0.29, 0.717) is 28.4 Å². The Labute approximate surface area is 329 Å². The molecule has 0 fully saturated rings. The van der Waals surface area contributed by atoms with Crippen molar-refractivity contribution in [2.45, 2.75) is 40.0 Å². The molecule has 0 aliphatic carbocycles. The van der Waals surface area contributed by atoms with Crippen LogP contribution < -0.4 is 0 Å². The van der Waals surface area contributed by atoms with Gasteiger partial charge >= 0.3 is 12.4 Å². The lowest BCUT2D eigenvalue weighted by Crippen LogP contribution is -2.12. The molecule has 9 aromatic rings. The summed E-state index contributed by atoms with van der Waals surface area (Å²) in [5, 5.41) is 14.2. The summed E-state index contributed by atoms with van der Waals surface area (Å²) in [5.41, 5.74) is 7.38. The van der Waals surface area contributed by atoms with Crippen molar-refractivity contribution in [1.29, 1.82) is 5.26 Å². The minimum Gasteiger partial charge on any atom is -0.309 e. The number of alkyl halides is 6. The minimum atomic E-state index is -5.08. The normalized spacial score (nSPS) is 12.3. The smallest absolute Gasteiger partial charge is 0.309 e. The van der Waals surface area contributed by atoms with Crippen LogP contribution in [-0.2, 0) is 12.4 Å². The average Bonchev–Trinajstić information content (AvgIpc) is 3.67. The van der Waals surface area contributed by atoms with E-state index < -0.39 is 23.5 Å². The van der Waals surface area contributed by atoms with Gasteiger partial charge in [-0.2, -0.15) is 31.6 Å². The molecule has 3 nitrogen and oxygen atoms in total. The molecule has 0 radical (unpaired) electrons. The number of aryl methyl sites for hydroxylation is 4. The monoisotopic (exact) mass is 777 g/mol. The summed E-state index contributed by atoms with van der Waals surface area (Å²) in [6.45, 7) is 8.05. The lowest BCUT2D eigenvalue weighted by molar-refractivity contribution is -0.142. The van der Waals surface area contributed by atoms with E-state index in [0.717, 1.165) is 77.6 Å². The highest BCUT2D eigenvalue weighted by molar-refractivity contribution is 6.12. The summed E-state index contributed by atoms with van der Waals surface area (Å²) < 4.78 is 89.6. The third kappa shape index (κ3) is 5.99. The van der Waals surface area contributed by atoms with E-state index in [9.17, 15) is 31.6 Å². The highest BCUT2D eigenvalue weighted by Crippen LogP contribution is 2.46. The number of fused-ring (bicyclic) bond motifs is 6. The van der Waals surface area contributed by atoms with E-state index in [4.69, 9.17) is 0 Å². The highest BCUT2D eigenvalue weighted by Gasteiger charge is 2.38. The number of nitriles is 1. The number of nitrogens with zero attached hydrogens (tertiary/aromatic N) is 3. The van der Waals surface area contributed by atoms with Gasteiger partial charge in [-0.05, 0) is 124 Å². The molecule has 0 unspecified atom stereocenters. The molecule has 0 N–H and O–H groups in total. The maximum absolute atomic E-state index is 14.7. The lowest BCUT2D eigenvalue weighted by atomic mass is 9.92. The van der Waals surface area contributed by atoms with Gasteiger partial charge in [0.1, 0.15) is 0 Å². The molecule has 0 aliphatic rings. The van der Waals surface area contributed by atoms with Crippen LogP contribution in [0.4, 0.5) is 26.3 Å². The van der Waals surface area contributed by atoms with Gasteiger partial charge in [-0.3, -0.25) is 0 Å². The number of benzene rings is 7. The van der Waals surface area contributed by atoms with Crippen molar-refractivity contribution in [2.24, 2.45) is 0 Å². The number of halogens is 6. The van der Waals surface area contributed by atoms with E-state index in [2.05, 4.69) is 47.0 Å². The fourth-order valence-corrected chi connectivity index (χ4v) is 8.36. The summed E-state index contributed by atoms with van der Waals surface area (Å²) in [7, 11) is 0. The van der Waals surface area contributed by atoms with E-state index in [1.54, 1.807) is 24.3 Å². The molecule has 0 atom stereocenters. The molecule has 0 bridgehead atoms. The fourth-order valence-electron chi connectivity index (χ4n) is 8.36. The largest absolute Gasteiger partial charge is 0.417 e. The van der Waals surface area contributed by atoms with Gasteiger partial charge in [0.2, 0.25) is 0 Å². The Morgan fingerprint density at radius 3 is 1.34 bits per heavy atom. The summed E-state index contributed by atoms with van der Waals surface area (Å²) in [6, 6.07) is 38.8. The Bertz CT molecular complexity index is 3090. The van der Waals surface area contributed by atoms with Crippen LogP contribution >= 0.6 is 0 Å². The summed E-state index contributed by atoms with van der Waals surface area (Å²) in [5.74, 6) is 0. The predicted molar refractivity (Wildman–Crippen MR) is 220 cm³/mol. The molecule has 7 aromatic carbocycles. The van der Waals surface area contributed by atoms with Crippen LogP contribution in [0.3, 0.4) is 0 Å². The third-order valence-corrected chi connectivity index (χ3v) is 11.0. The van der Waals surface area contributed by atoms with Gasteiger partial charge in [0.05, 0.1) is 56.2 Å². The Kier molecular flexibility index (Phi) is 8.34. The van der Waals surface area contributed by atoms with Gasteiger partial charge in [0, 0.05) is 32.7 Å². The molecule has 0 saturated carbocycles. The van der Waals surface area contributed by atoms with Crippen LogP contribution in [0.15, 0.2) is 127 Å². The summed E-state index contributed by atoms with van der Waals surface area (Å²) in [4.78, 5) is 0. The molecule has 58 heavy (non-hydrogen) atoms. The van der Waals surface area contributed by atoms with Gasteiger partial charge < -0.3 is 9.13 Å². The standard InChI is InChI=1S/C49H33F6N3/c1-27-5-14-42-36(19-27)37-20-28(2)6-15-43(37)57(42)46-18-9-31(26-56)23-40(46)35-12-10-32(34-13-11-33(48(50,51)52)25-41(34)49(53,54)55)24-47(35)58-44-16-7-29(3)21-38(44)39-22-30(4)8-17-45(39)58/h5-25H,1-4H3. The molecular weight excluding hydrogens is 745 g/mol. The lowest BCUT2D eigenvalue weighted by Gasteiger charge is -2.21. The highest BCUT2D eigenvalue weighted by atomic mass is 19.4. The SMILES string of the molecule is Cc1ccc2c(c1)c1cc(C)ccc1n2-c1ccc(C#N)cc1-c1ccc(-c2ccc(C(F)(F)F)cc2C(F)(F)F)cc1-n1c2ccc(C)cc2c2cc(C)ccc21. The minimum absolute atomic E-state index is 0.0785. The van der Waals surface area contributed by atoms with Crippen molar-refractivity contribution < 1.29 is 26.3 Å². The topological polar surface area (TPSA) is 33.6 Å². The van der Waals surface area contributed by atoms with Gasteiger partial charge in [-0.1, -0.05) is 64.7 Å². The van der Waals surface area contributed by atoms with E-state index in [1.165, 1.54) is 6.07 Å². The van der Waals surface area contributed by atoms with Crippen LogP contribution in [0.5, 0.6) is 0 Å². The average molecular weight is 778 g/mol. The zero-order valence-corrected chi connectivity index (χ0v) is 31.7. The van der Waals surface area contributed by atoms with Crippen molar-refractivity contribution in [3.63, 3.8) is 0 Å². The molecule has 9 heteroatoms. The van der Waals surface area contributed by atoms with Crippen molar-refractivity contribution in [2.75, 3.05) is 0 Å². The van der Waals surface area contributed by atoms with Crippen LogP contribution in [0.1, 0.15) is 38.9 Å². The second-order valence-electron chi connectivity index (χ2n) is 15.1. The van der Waals surface area contributed by atoms with Crippen molar-refractivity contribution in [1.82, 2.24) is 9.13 Å². The van der Waals surface area contributed by atoms with E-state index in [-0.39, 0.29) is 17.2 Å². The van der Waals surface area contributed by atoms with Crippen LogP contribution in [-0.4, -0.2) is 9.13 Å². The zero-order chi connectivity index (χ0) is 40.8. The Hall–Kier alpha value is -6.79. The maximum Gasteiger partial charge on any atom is 0.417 e. The second kappa shape index (κ2) is 13.1. The maximum atomic E-state index is 14.7. The first-order valence-corrected chi connectivity index (χ1v) is 18.6. The van der Waals surface area contributed by atoms with Crippen LogP contribution in [0, 0.1) is 39.0 Å². The molecular formula is C49H33F6N3. The first-order chi connectivity index (χ1) is 27.6. The van der Waals surface area contributed by atoms with E-state index in [1.807, 2.05) is 74.7 Å². The molecule has 286 valence electrons. The number of hydrogen-bond acceptors (Lipinski definition) is 1. The molecule has 0 amide bonds. The molecule has 0 saturated heterocycles. The van der Waals surface area contributed by atoms with Gasteiger partial charge in [-0.25, -0.2) is 0 Å². The molecule has 2 heterocycles. The van der Waals surface area contributed by atoms with Crippen molar-refractivity contribution in [3.05, 3.63) is 166 Å². The molecule has 9 rings (SSSR count). The van der Waals surface area contributed by atoms with Gasteiger partial charge in [0.15, 0.2) is 0 Å². The van der Waals surface area contributed by atoms with Crippen molar-refractivity contribution in [3.8, 4) is 39.7 Å². The zero-order valence-electron chi connectivity index (χ0n) is 31.7. The second-order valence-corrected chi connectivity index (χ2v) is 15.1. The molecule has 0 aliphatic heterocycles. The number of rotatable bonds is 4. The number of aromatic nitrogens is 2. The number of hydrogen-bond donors (Lipinski definition) is 0. The van der Waals surface area contributed by atoms with Crippen LogP contribution in [0.2, 0.25) is 0 Å². The predicted octanol–water partition coefficient (Wildman–Crippen LogP) is 14.4.